The number of nitrogens with zero attached hydrogens (tertiary/aromatic N) is 1. The van der Waals surface area contributed by atoms with E-state index in [-0.39, 0.29) is 11.3 Å². The van der Waals surface area contributed by atoms with E-state index in [1.54, 1.807) is 11.8 Å². The van der Waals surface area contributed by atoms with Gasteiger partial charge in [0.1, 0.15) is 5.37 Å². The van der Waals surface area contributed by atoms with Gasteiger partial charge < -0.3 is 0 Å². The van der Waals surface area contributed by atoms with Gasteiger partial charge in [-0.25, -0.2) is 0 Å². The number of halogens is 2. The number of carbonyl (C=O) groups is 1. The molecule has 2 nitrogen and oxygen atoms in total. The zero-order chi connectivity index (χ0) is 14.1. The summed E-state index contributed by atoms with van der Waals surface area (Å²) < 4.78 is 2.21. The molecule has 0 aliphatic carbocycles. The number of rotatable bonds is 2. The molecule has 0 aromatic heterocycles. The van der Waals surface area contributed by atoms with Crippen molar-refractivity contribution in [3.8, 4) is 0 Å². The molecule has 0 radical (unpaired) electrons. The first-order valence-corrected chi connectivity index (χ1v) is 9.02. The van der Waals surface area contributed by atoms with Gasteiger partial charge in [0.25, 0.3) is 0 Å². The van der Waals surface area contributed by atoms with Crippen molar-refractivity contribution in [1.82, 2.24) is 0 Å². The van der Waals surface area contributed by atoms with E-state index in [9.17, 15) is 4.79 Å². The first-order valence-electron chi connectivity index (χ1n) is 6.10. The average molecular weight is 460 g/mol. The second kappa shape index (κ2) is 6.07. The molecule has 1 aliphatic heterocycles. The SMILES string of the molecule is O=C1CS[C@@H](c2cccc(Br)c2)N1c1ccc(I)cc1. The number of hydrogen-bond donors (Lipinski definition) is 0. The molecule has 1 atom stereocenters. The van der Waals surface area contributed by atoms with Crippen molar-refractivity contribution in [1.29, 1.82) is 0 Å². The Balaban J connectivity index is 1.98. The molecule has 5 heteroatoms. The molecule has 3 rings (SSSR count). The fraction of sp³-hybridized carbons (Fsp3) is 0.133. The average Bonchev–Trinajstić information content (AvgIpc) is 2.82. The van der Waals surface area contributed by atoms with E-state index < -0.39 is 0 Å². The van der Waals surface area contributed by atoms with Gasteiger partial charge in [-0.05, 0) is 64.6 Å². The lowest BCUT2D eigenvalue weighted by atomic mass is 10.2. The highest BCUT2D eigenvalue weighted by Gasteiger charge is 2.33. The summed E-state index contributed by atoms with van der Waals surface area (Å²) in [6.07, 6.45) is 0. The maximum Gasteiger partial charge on any atom is 0.238 e. The monoisotopic (exact) mass is 459 g/mol. The number of benzene rings is 2. The topological polar surface area (TPSA) is 20.3 Å². The van der Waals surface area contributed by atoms with Gasteiger partial charge in [-0.1, -0.05) is 28.1 Å². The Kier molecular flexibility index (Phi) is 4.37. The van der Waals surface area contributed by atoms with Crippen LogP contribution in [0.1, 0.15) is 10.9 Å². The summed E-state index contributed by atoms with van der Waals surface area (Å²) in [5.41, 5.74) is 2.11. The number of anilines is 1. The molecule has 2 aromatic rings. The predicted octanol–water partition coefficient (Wildman–Crippen LogP) is 4.83. The standard InChI is InChI=1S/C15H11BrINOS/c16-11-3-1-2-10(8-11)15-18(14(19)9-20-15)13-6-4-12(17)5-7-13/h1-8,15H,9H2/t15-/m0/s1. The zero-order valence-corrected chi connectivity index (χ0v) is 15.0. The summed E-state index contributed by atoms with van der Waals surface area (Å²) in [4.78, 5) is 14.1. The van der Waals surface area contributed by atoms with Crippen LogP contribution in [0.15, 0.2) is 53.0 Å². The molecule has 2 aromatic carbocycles. The Labute approximate surface area is 144 Å². The second-order valence-corrected chi connectivity index (χ2v) is 7.69. The highest BCUT2D eigenvalue weighted by molar-refractivity contribution is 14.1. The van der Waals surface area contributed by atoms with Crippen molar-refractivity contribution in [2.75, 3.05) is 10.7 Å². The summed E-state index contributed by atoms with van der Waals surface area (Å²) in [6.45, 7) is 0. The number of hydrogen-bond acceptors (Lipinski definition) is 2. The van der Waals surface area contributed by atoms with Gasteiger partial charge in [0.05, 0.1) is 5.75 Å². The summed E-state index contributed by atoms with van der Waals surface area (Å²) in [5, 5.41) is 0.0556. The molecule has 0 unspecified atom stereocenters. The highest BCUT2D eigenvalue weighted by Crippen LogP contribution is 2.42. The lowest BCUT2D eigenvalue weighted by Gasteiger charge is -2.24. The quantitative estimate of drug-likeness (QED) is 0.599. The predicted molar refractivity (Wildman–Crippen MR) is 96.0 cm³/mol. The van der Waals surface area contributed by atoms with Crippen LogP contribution in [0.5, 0.6) is 0 Å². The zero-order valence-electron chi connectivity index (χ0n) is 10.4. The van der Waals surface area contributed by atoms with E-state index in [1.807, 2.05) is 41.3 Å². The lowest BCUT2D eigenvalue weighted by molar-refractivity contribution is -0.115. The minimum atomic E-state index is 0.0556. The van der Waals surface area contributed by atoms with E-state index in [0.717, 1.165) is 15.7 Å². The molecule has 0 spiro atoms. The van der Waals surface area contributed by atoms with Gasteiger partial charge in [-0.2, -0.15) is 0 Å². The van der Waals surface area contributed by atoms with Crippen molar-refractivity contribution in [2.45, 2.75) is 5.37 Å². The van der Waals surface area contributed by atoms with E-state index in [0.29, 0.717) is 5.75 Å². The van der Waals surface area contributed by atoms with Crippen LogP contribution in [0.25, 0.3) is 0 Å². The first kappa shape index (κ1) is 14.4. The second-order valence-electron chi connectivity index (χ2n) is 4.46. The summed E-state index contributed by atoms with van der Waals surface area (Å²) in [5.74, 6) is 0.699. The maximum absolute atomic E-state index is 12.2. The normalized spacial score (nSPS) is 18.6. The van der Waals surface area contributed by atoms with Gasteiger partial charge in [0.2, 0.25) is 5.91 Å². The van der Waals surface area contributed by atoms with Crippen LogP contribution in [-0.4, -0.2) is 11.7 Å². The van der Waals surface area contributed by atoms with E-state index in [4.69, 9.17) is 0 Å². The van der Waals surface area contributed by atoms with Crippen LogP contribution in [0.3, 0.4) is 0 Å². The van der Waals surface area contributed by atoms with Gasteiger partial charge in [0.15, 0.2) is 0 Å². The van der Waals surface area contributed by atoms with Gasteiger partial charge in [0, 0.05) is 13.7 Å². The van der Waals surface area contributed by atoms with Crippen LogP contribution < -0.4 is 4.90 Å². The Hall–Kier alpha value is -0.530. The van der Waals surface area contributed by atoms with Crippen molar-refractivity contribution in [3.63, 3.8) is 0 Å². The Morgan fingerprint density at radius 1 is 1.20 bits per heavy atom. The molecule has 1 fully saturated rings. The summed E-state index contributed by atoms with van der Waals surface area (Å²) >= 11 is 7.44. The van der Waals surface area contributed by atoms with Crippen molar-refractivity contribution < 1.29 is 4.79 Å². The largest absolute Gasteiger partial charge is 0.295 e. The molecule has 0 saturated carbocycles. The van der Waals surface area contributed by atoms with Gasteiger partial charge >= 0.3 is 0 Å². The minimum absolute atomic E-state index is 0.0556. The minimum Gasteiger partial charge on any atom is -0.295 e. The van der Waals surface area contributed by atoms with Crippen LogP contribution in [-0.2, 0) is 4.79 Å². The van der Waals surface area contributed by atoms with Crippen LogP contribution in [0.4, 0.5) is 5.69 Å². The fourth-order valence-corrected chi connectivity index (χ4v) is 4.16. The summed E-state index contributed by atoms with van der Waals surface area (Å²) in [6, 6.07) is 16.2. The molecule has 102 valence electrons. The molecule has 1 aliphatic rings. The van der Waals surface area contributed by atoms with Gasteiger partial charge in [-0.3, -0.25) is 9.69 Å². The third-order valence-corrected chi connectivity index (χ3v) is 5.53. The Morgan fingerprint density at radius 3 is 2.65 bits per heavy atom. The van der Waals surface area contributed by atoms with Crippen molar-refractivity contribution >= 4 is 61.9 Å². The number of carbonyl (C=O) groups excluding carboxylic acids is 1. The third-order valence-electron chi connectivity index (χ3n) is 3.11. The van der Waals surface area contributed by atoms with Crippen LogP contribution in [0.2, 0.25) is 0 Å². The molecule has 1 saturated heterocycles. The molecular formula is C15H11BrINOS. The third kappa shape index (κ3) is 2.89. The molecular weight excluding hydrogens is 449 g/mol. The first-order chi connectivity index (χ1) is 9.65. The lowest BCUT2D eigenvalue weighted by Crippen LogP contribution is -2.27. The van der Waals surface area contributed by atoms with Crippen LogP contribution in [0, 0.1) is 3.57 Å². The number of amides is 1. The molecule has 0 N–H and O–H groups in total. The maximum atomic E-state index is 12.2. The van der Waals surface area contributed by atoms with Crippen LogP contribution >= 0.6 is 50.3 Å². The smallest absolute Gasteiger partial charge is 0.238 e. The van der Waals surface area contributed by atoms with E-state index in [1.165, 1.54) is 3.57 Å². The highest BCUT2D eigenvalue weighted by atomic mass is 127. The Morgan fingerprint density at radius 2 is 1.95 bits per heavy atom. The van der Waals surface area contributed by atoms with E-state index in [2.05, 4.69) is 50.7 Å². The van der Waals surface area contributed by atoms with Crippen molar-refractivity contribution in [2.24, 2.45) is 0 Å². The number of thioether (sulfide) groups is 1. The molecule has 20 heavy (non-hydrogen) atoms. The molecule has 1 amide bonds. The fourth-order valence-electron chi connectivity index (χ4n) is 2.21. The summed E-state index contributed by atoms with van der Waals surface area (Å²) in [7, 11) is 0. The molecule has 1 heterocycles. The Bertz CT molecular complexity index is 647. The molecule has 0 bridgehead atoms. The van der Waals surface area contributed by atoms with E-state index >= 15 is 0 Å². The van der Waals surface area contributed by atoms with Crippen molar-refractivity contribution in [3.05, 3.63) is 62.1 Å². The van der Waals surface area contributed by atoms with Gasteiger partial charge in [-0.15, -0.1) is 11.8 Å².